The van der Waals surface area contributed by atoms with Gasteiger partial charge in [-0.3, -0.25) is 0 Å². The number of imidazole rings is 1. The second-order valence-electron chi connectivity index (χ2n) is 7.42. The molecule has 0 aromatic carbocycles. The third-order valence-electron chi connectivity index (χ3n) is 3.83. The first-order valence-corrected chi connectivity index (χ1v) is 9.76. The Balaban J connectivity index is 2.31. The number of methoxy groups -OCH3 is 1. The molecule has 1 radical (unpaired) electrons. The minimum atomic E-state index is -0.916. The third-order valence-corrected chi connectivity index (χ3v) is 4.01. The number of halogens is 1. The summed E-state index contributed by atoms with van der Waals surface area (Å²) < 4.78 is 17.2. The van der Waals surface area contributed by atoms with E-state index >= 15 is 0 Å². The summed E-state index contributed by atoms with van der Waals surface area (Å²) in [5.41, 5.74) is 1.02. The van der Waals surface area contributed by atoms with Crippen LogP contribution in [0, 0.1) is 13.3 Å². The molecular formula is C20H26ClN4O5. The van der Waals surface area contributed by atoms with Gasteiger partial charge in [0.1, 0.15) is 11.3 Å². The molecule has 1 atom stereocenters. The molecule has 0 fully saturated rings. The van der Waals surface area contributed by atoms with E-state index in [4.69, 9.17) is 25.8 Å². The molecule has 0 spiro atoms. The standard InChI is InChI=1S/C20H26ClN4O5/c1-7-29-18(27)16-23-13(15-12(2)10-22-19(21)24-15)11-25(16)9-8-14(28-6)17(26)30-20(3,4)5/h8,10-11,14H,7,9H2,1-6H3/t14-/m1/s1. The Morgan fingerprint density at radius 2 is 2.00 bits per heavy atom. The minimum absolute atomic E-state index is 0.0660. The first kappa shape index (κ1) is 23.8. The van der Waals surface area contributed by atoms with E-state index in [-0.39, 0.29) is 24.3 Å². The Morgan fingerprint density at radius 3 is 2.60 bits per heavy atom. The lowest BCUT2D eigenvalue weighted by molar-refractivity contribution is -0.164. The molecule has 2 heterocycles. The predicted octanol–water partition coefficient (Wildman–Crippen LogP) is 3.04. The molecule has 0 aliphatic heterocycles. The maximum absolute atomic E-state index is 12.4. The van der Waals surface area contributed by atoms with E-state index in [1.807, 2.05) is 6.92 Å². The maximum Gasteiger partial charge on any atom is 0.374 e. The number of ether oxygens (including phenoxy) is 3. The average molecular weight is 438 g/mol. The van der Waals surface area contributed by atoms with E-state index in [0.717, 1.165) is 5.56 Å². The molecule has 0 N–H and O–H groups in total. The average Bonchev–Trinajstić information content (AvgIpc) is 3.07. The molecule has 10 heteroatoms. The normalized spacial score (nSPS) is 12.5. The molecule has 0 amide bonds. The highest BCUT2D eigenvalue weighted by molar-refractivity contribution is 6.28. The van der Waals surface area contributed by atoms with Gasteiger partial charge in [0, 0.05) is 32.5 Å². The Bertz CT molecular complexity index is 907. The van der Waals surface area contributed by atoms with Crippen molar-refractivity contribution in [2.45, 2.75) is 52.9 Å². The lowest BCUT2D eigenvalue weighted by atomic mass is 10.2. The van der Waals surface area contributed by atoms with E-state index in [0.29, 0.717) is 11.4 Å². The van der Waals surface area contributed by atoms with Crippen LogP contribution in [-0.2, 0) is 25.5 Å². The molecule has 0 unspecified atom stereocenters. The van der Waals surface area contributed by atoms with Crippen LogP contribution in [0.4, 0.5) is 0 Å². The van der Waals surface area contributed by atoms with Crippen LogP contribution in [0.1, 0.15) is 43.9 Å². The number of rotatable bonds is 8. The van der Waals surface area contributed by atoms with Gasteiger partial charge in [0.15, 0.2) is 6.10 Å². The number of aromatic nitrogens is 4. The highest BCUT2D eigenvalue weighted by Gasteiger charge is 2.27. The molecular weight excluding hydrogens is 412 g/mol. The Hall–Kier alpha value is -2.52. The number of carbonyl (C=O) groups excluding carboxylic acids is 2. The van der Waals surface area contributed by atoms with Gasteiger partial charge in [-0.25, -0.2) is 24.5 Å². The first-order valence-electron chi connectivity index (χ1n) is 9.38. The van der Waals surface area contributed by atoms with Crippen LogP contribution < -0.4 is 0 Å². The number of hydrogen-bond donors (Lipinski definition) is 0. The number of esters is 2. The zero-order chi connectivity index (χ0) is 22.5. The van der Waals surface area contributed by atoms with Gasteiger partial charge in [0.2, 0.25) is 11.1 Å². The minimum Gasteiger partial charge on any atom is -0.460 e. The molecule has 163 valence electrons. The van der Waals surface area contributed by atoms with Crippen molar-refractivity contribution in [3.05, 3.63) is 35.5 Å². The van der Waals surface area contributed by atoms with Crippen molar-refractivity contribution in [1.82, 2.24) is 19.5 Å². The lowest BCUT2D eigenvalue weighted by Crippen LogP contribution is -2.34. The second-order valence-corrected chi connectivity index (χ2v) is 7.76. The van der Waals surface area contributed by atoms with Gasteiger partial charge in [0.05, 0.1) is 12.3 Å². The van der Waals surface area contributed by atoms with Crippen molar-refractivity contribution in [3.63, 3.8) is 0 Å². The van der Waals surface area contributed by atoms with E-state index in [2.05, 4.69) is 15.0 Å². The van der Waals surface area contributed by atoms with Crippen LogP contribution in [0.3, 0.4) is 0 Å². The summed E-state index contributed by atoms with van der Waals surface area (Å²) in [6.45, 7) is 9.17. The van der Waals surface area contributed by atoms with Crippen molar-refractivity contribution < 1.29 is 23.8 Å². The topological polar surface area (TPSA) is 105 Å². The number of nitrogens with zero attached hydrogens (tertiary/aromatic N) is 4. The van der Waals surface area contributed by atoms with Gasteiger partial charge in [-0.2, -0.15) is 0 Å². The number of hydrogen-bond acceptors (Lipinski definition) is 8. The number of carbonyl (C=O) groups is 2. The molecule has 0 aliphatic carbocycles. The summed E-state index contributed by atoms with van der Waals surface area (Å²) in [5.74, 6) is -1.06. The van der Waals surface area contributed by atoms with Crippen LogP contribution in [0.25, 0.3) is 11.4 Å². The van der Waals surface area contributed by atoms with Gasteiger partial charge >= 0.3 is 11.9 Å². The highest BCUT2D eigenvalue weighted by Crippen LogP contribution is 2.22. The monoisotopic (exact) mass is 437 g/mol. The Kier molecular flexibility index (Phi) is 7.91. The van der Waals surface area contributed by atoms with Gasteiger partial charge in [0.25, 0.3) is 0 Å². The summed E-state index contributed by atoms with van der Waals surface area (Å²) in [4.78, 5) is 37.2. The van der Waals surface area contributed by atoms with E-state index in [9.17, 15) is 9.59 Å². The molecule has 2 aromatic heterocycles. The maximum atomic E-state index is 12.4. The molecule has 0 saturated heterocycles. The zero-order valence-corrected chi connectivity index (χ0v) is 18.7. The van der Waals surface area contributed by atoms with Crippen LogP contribution in [0.5, 0.6) is 0 Å². The summed E-state index contributed by atoms with van der Waals surface area (Å²) in [6, 6.07) is 0. The second kappa shape index (κ2) is 9.99. The van der Waals surface area contributed by atoms with Gasteiger partial charge < -0.3 is 18.8 Å². The smallest absolute Gasteiger partial charge is 0.374 e. The summed E-state index contributed by atoms with van der Waals surface area (Å²) >= 11 is 5.91. The molecule has 9 nitrogen and oxygen atoms in total. The van der Waals surface area contributed by atoms with Gasteiger partial charge in [-0.15, -0.1) is 0 Å². The molecule has 2 aromatic rings. The lowest BCUT2D eigenvalue weighted by Gasteiger charge is -2.23. The SMILES string of the molecule is CCOC(=O)c1nc(-c2nc(Cl)ncc2C)cn1C[CH][C@@H](OC)C(=O)OC(C)(C)C. The van der Waals surface area contributed by atoms with Crippen molar-refractivity contribution in [3.8, 4) is 11.4 Å². The van der Waals surface area contributed by atoms with Crippen LogP contribution in [-0.4, -0.2) is 56.9 Å². The Morgan fingerprint density at radius 1 is 1.30 bits per heavy atom. The number of aryl methyl sites for hydroxylation is 1. The van der Waals surface area contributed by atoms with Crippen molar-refractivity contribution in [2.24, 2.45) is 0 Å². The first-order chi connectivity index (χ1) is 14.1. The summed E-state index contributed by atoms with van der Waals surface area (Å²) in [6.07, 6.45) is 3.88. The highest BCUT2D eigenvalue weighted by atomic mass is 35.5. The van der Waals surface area contributed by atoms with Crippen molar-refractivity contribution in [1.29, 1.82) is 0 Å². The summed E-state index contributed by atoms with van der Waals surface area (Å²) in [7, 11) is 1.41. The fourth-order valence-electron chi connectivity index (χ4n) is 2.57. The van der Waals surface area contributed by atoms with Crippen molar-refractivity contribution in [2.75, 3.05) is 13.7 Å². The predicted molar refractivity (Wildman–Crippen MR) is 110 cm³/mol. The van der Waals surface area contributed by atoms with Crippen molar-refractivity contribution >= 4 is 23.5 Å². The van der Waals surface area contributed by atoms with Crippen LogP contribution in [0.15, 0.2) is 12.4 Å². The molecule has 0 saturated carbocycles. The third kappa shape index (κ3) is 6.24. The van der Waals surface area contributed by atoms with E-state index in [1.54, 1.807) is 51.1 Å². The Labute approximate surface area is 180 Å². The largest absolute Gasteiger partial charge is 0.460 e. The van der Waals surface area contributed by atoms with Crippen LogP contribution in [0.2, 0.25) is 5.28 Å². The molecule has 2 rings (SSSR count). The molecule has 0 aliphatic rings. The van der Waals surface area contributed by atoms with Crippen LogP contribution >= 0.6 is 11.6 Å². The zero-order valence-electron chi connectivity index (χ0n) is 17.9. The molecule has 30 heavy (non-hydrogen) atoms. The van der Waals surface area contributed by atoms with Gasteiger partial charge in [-0.1, -0.05) is 0 Å². The van der Waals surface area contributed by atoms with Gasteiger partial charge in [-0.05, 0) is 51.8 Å². The summed E-state index contributed by atoms with van der Waals surface area (Å²) in [5, 5.41) is 0.0683. The quantitative estimate of drug-likeness (QED) is 0.458. The van der Waals surface area contributed by atoms with E-state index in [1.165, 1.54) is 7.11 Å². The van der Waals surface area contributed by atoms with E-state index < -0.39 is 23.6 Å². The fraction of sp³-hybridized carbons (Fsp3) is 0.500. The fourth-order valence-corrected chi connectivity index (χ4v) is 2.70. The molecule has 0 bridgehead atoms.